The molecule has 0 amide bonds. The molecule has 0 aromatic heterocycles. The zero-order chi connectivity index (χ0) is 20.0. The highest BCUT2D eigenvalue weighted by molar-refractivity contribution is 6.37. The summed E-state index contributed by atoms with van der Waals surface area (Å²) >= 11 is 18.1. The van der Waals surface area contributed by atoms with Crippen molar-refractivity contribution >= 4 is 46.5 Å². The van der Waals surface area contributed by atoms with Gasteiger partial charge >= 0.3 is 5.97 Å². The van der Waals surface area contributed by atoms with E-state index in [1.807, 2.05) is 0 Å². The van der Waals surface area contributed by atoms with E-state index < -0.39 is 17.0 Å². The first-order valence-corrected chi connectivity index (χ1v) is 8.72. The Morgan fingerprint density at radius 1 is 1.15 bits per heavy atom. The second-order valence-corrected chi connectivity index (χ2v) is 6.41. The van der Waals surface area contributed by atoms with Crippen LogP contribution in [-0.4, -0.2) is 30.7 Å². The molecule has 144 valence electrons. The van der Waals surface area contributed by atoms with Gasteiger partial charge < -0.3 is 14.2 Å². The number of rotatable bonds is 8. The van der Waals surface area contributed by atoms with Gasteiger partial charge in [-0.1, -0.05) is 40.9 Å². The van der Waals surface area contributed by atoms with Crippen LogP contribution in [0.4, 0.5) is 5.69 Å². The minimum atomic E-state index is -1.02. The fraction of sp³-hybridized carbons (Fsp3) is 0.235. The van der Waals surface area contributed by atoms with Crippen LogP contribution in [0.5, 0.6) is 11.5 Å². The van der Waals surface area contributed by atoms with E-state index in [1.165, 1.54) is 25.3 Å². The summed E-state index contributed by atoms with van der Waals surface area (Å²) in [6.45, 7) is 0.0272. The van der Waals surface area contributed by atoms with Crippen LogP contribution in [0.2, 0.25) is 15.1 Å². The smallest absolute Gasteiger partial charge is 0.347 e. The average molecular weight is 435 g/mol. The summed E-state index contributed by atoms with van der Waals surface area (Å²) in [5.74, 6) is -0.240. The number of halogens is 3. The largest absolute Gasteiger partial charge is 0.492 e. The third kappa shape index (κ3) is 5.63. The summed E-state index contributed by atoms with van der Waals surface area (Å²) < 4.78 is 15.8. The second-order valence-electron chi connectivity index (χ2n) is 5.19. The van der Waals surface area contributed by atoms with E-state index >= 15 is 0 Å². The molecule has 2 aromatic rings. The second kappa shape index (κ2) is 9.64. The number of non-ortho nitro benzene ring substituents is 1. The van der Waals surface area contributed by atoms with E-state index in [2.05, 4.69) is 0 Å². The van der Waals surface area contributed by atoms with Gasteiger partial charge in [0.25, 0.3) is 5.69 Å². The van der Waals surface area contributed by atoms with Gasteiger partial charge in [-0.05, 0) is 18.2 Å². The number of hydrogen-bond acceptors (Lipinski definition) is 6. The third-order valence-corrected chi connectivity index (χ3v) is 4.30. The number of hydrogen-bond donors (Lipinski definition) is 0. The molecule has 10 heteroatoms. The van der Waals surface area contributed by atoms with E-state index in [1.54, 1.807) is 18.2 Å². The van der Waals surface area contributed by atoms with E-state index in [-0.39, 0.29) is 45.3 Å². The minimum absolute atomic E-state index is 0.0272. The Balaban J connectivity index is 2.05. The number of nitrogens with zero attached hydrogens (tertiary/aromatic N) is 1. The summed E-state index contributed by atoms with van der Waals surface area (Å²) in [5.41, 5.74) is -0.156. The minimum Gasteiger partial charge on any atom is -0.492 e. The Hall–Kier alpha value is -2.22. The van der Waals surface area contributed by atoms with Gasteiger partial charge in [-0.3, -0.25) is 10.1 Å². The molecule has 0 aliphatic rings. The van der Waals surface area contributed by atoms with Gasteiger partial charge in [-0.2, -0.15) is 0 Å². The number of para-hydroxylation sites is 1. The average Bonchev–Trinajstić information content (AvgIpc) is 2.63. The fourth-order valence-electron chi connectivity index (χ4n) is 2.09. The fourth-order valence-corrected chi connectivity index (χ4v) is 2.81. The molecule has 0 radical (unpaired) electrons. The van der Waals surface area contributed by atoms with Crippen molar-refractivity contribution in [3.05, 3.63) is 61.6 Å². The Bertz CT molecular complexity index is 825. The molecule has 2 rings (SSSR count). The number of carbonyl (C=O) groups excluding carboxylic acids is 1. The Kier molecular flexibility index (Phi) is 7.53. The topological polar surface area (TPSA) is 87.9 Å². The molecule has 0 aliphatic carbocycles. The molecular weight excluding hydrogens is 421 g/mol. The molecular formula is C17H14Cl3NO6. The highest BCUT2D eigenvalue weighted by atomic mass is 35.5. The molecule has 0 heterocycles. The van der Waals surface area contributed by atoms with Gasteiger partial charge in [0.05, 0.1) is 33.7 Å². The molecule has 0 bridgehead atoms. The van der Waals surface area contributed by atoms with Crippen molar-refractivity contribution in [2.75, 3.05) is 13.7 Å². The number of nitro benzene ring substituents is 1. The highest BCUT2D eigenvalue weighted by Gasteiger charge is 2.24. The number of carbonyl (C=O) groups is 1. The molecule has 2 aromatic carbocycles. The summed E-state index contributed by atoms with van der Waals surface area (Å²) in [6, 6.07) is 8.60. The molecule has 0 spiro atoms. The van der Waals surface area contributed by atoms with Crippen LogP contribution in [0.1, 0.15) is 6.42 Å². The van der Waals surface area contributed by atoms with Crippen LogP contribution in [0.15, 0.2) is 36.4 Å². The van der Waals surface area contributed by atoms with Gasteiger partial charge in [0.2, 0.25) is 0 Å². The number of nitro groups is 1. The predicted octanol–water partition coefficient (Wildman–Crippen LogP) is 4.94. The number of methoxy groups -OCH3 is 1. The number of ether oxygens (including phenoxy) is 3. The Morgan fingerprint density at radius 3 is 2.37 bits per heavy atom. The SMILES string of the molecule is COC(=O)C(CCOc1ccc([N+](=O)[O-])cc1Cl)Oc1c(Cl)cccc1Cl. The van der Waals surface area contributed by atoms with E-state index in [0.717, 1.165) is 0 Å². The zero-order valence-corrected chi connectivity index (χ0v) is 16.3. The van der Waals surface area contributed by atoms with Crippen LogP contribution in [0.3, 0.4) is 0 Å². The first kappa shape index (κ1) is 21.1. The van der Waals surface area contributed by atoms with Crippen molar-refractivity contribution in [1.82, 2.24) is 0 Å². The van der Waals surface area contributed by atoms with Gasteiger partial charge in [0, 0.05) is 18.6 Å². The van der Waals surface area contributed by atoms with Crippen molar-refractivity contribution in [2.45, 2.75) is 12.5 Å². The van der Waals surface area contributed by atoms with Gasteiger partial charge in [-0.15, -0.1) is 0 Å². The Morgan fingerprint density at radius 2 is 1.81 bits per heavy atom. The lowest BCUT2D eigenvalue weighted by atomic mass is 10.2. The number of benzene rings is 2. The zero-order valence-electron chi connectivity index (χ0n) is 14.0. The summed E-state index contributed by atoms with van der Waals surface area (Å²) in [5, 5.41) is 11.3. The van der Waals surface area contributed by atoms with Crippen molar-refractivity contribution in [2.24, 2.45) is 0 Å². The molecule has 0 N–H and O–H groups in total. The lowest BCUT2D eigenvalue weighted by Gasteiger charge is -2.19. The van der Waals surface area contributed by atoms with Crippen molar-refractivity contribution in [3.8, 4) is 11.5 Å². The molecule has 0 saturated carbocycles. The van der Waals surface area contributed by atoms with Gasteiger partial charge in [0.1, 0.15) is 5.75 Å². The van der Waals surface area contributed by atoms with Crippen LogP contribution in [0.25, 0.3) is 0 Å². The van der Waals surface area contributed by atoms with Crippen LogP contribution in [0, 0.1) is 10.1 Å². The van der Waals surface area contributed by atoms with Crippen molar-refractivity contribution < 1.29 is 23.9 Å². The maximum atomic E-state index is 12.0. The monoisotopic (exact) mass is 433 g/mol. The molecule has 0 saturated heterocycles. The summed E-state index contributed by atoms with van der Waals surface area (Å²) in [6.07, 6.45) is -0.925. The molecule has 0 fully saturated rings. The van der Waals surface area contributed by atoms with E-state index in [0.29, 0.717) is 0 Å². The molecule has 0 aliphatic heterocycles. The number of esters is 1. The Labute approximate surface area is 169 Å². The van der Waals surface area contributed by atoms with Gasteiger partial charge in [0.15, 0.2) is 11.9 Å². The van der Waals surface area contributed by atoms with Crippen LogP contribution >= 0.6 is 34.8 Å². The maximum absolute atomic E-state index is 12.0. The van der Waals surface area contributed by atoms with Crippen LogP contribution < -0.4 is 9.47 Å². The van der Waals surface area contributed by atoms with Crippen molar-refractivity contribution in [1.29, 1.82) is 0 Å². The lowest BCUT2D eigenvalue weighted by molar-refractivity contribution is -0.384. The lowest BCUT2D eigenvalue weighted by Crippen LogP contribution is -2.30. The van der Waals surface area contributed by atoms with E-state index in [9.17, 15) is 14.9 Å². The van der Waals surface area contributed by atoms with Crippen LogP contribution in [-0.2, 0) is 9.53 Å². The first-order valence-electron chi connectivity index (χ1n) is 7.58. The predicted molar refractivity (Wildman–Crippen MR) is 101 cm³/mol. The first-order chi connectivity index (χ1) is 12.8. The summed E-state index contributed by atoms with van der Waals surface area (Å²) in [7, 11) is 1.22. The summed E-state index contributed by atoms with van der Waals surface area (Å²) in [4.78, 5) is 22.1. The maximum Gasteiger partial charge on any atom is 0.347 e. The quantitative estimate of drug-likeness (QED) is 0.332. The molecule has 1 unspecified atom stereocenters. The highest BCUT2D eigenvalue weighted by Crippen LogP contribution is 2.34. The molecule has 7 nitrogen and oxygen atoms in total. The van der Waals surface area contributed by atoms with E-state index in [4.69, 9.17) is 49.0 Å². The normalized spacial score (nSPS) is 11.6. The van der Waals surface area contributed by atoms with Gasteiger partial charge in [-0.25, -0.2) is 4.79 Å². The molecule has 27 heavy (non-hydrogen) atoms. The van der Waals surface area contributed by atoms with Crippen molar-refractivity contribution in [3.63, 3.8) is 0 Å². The molecule has 1 atom stereocenters. The standard InChI is InChI=1S/C17H14Cl3NO6/c1-25-17(22)15(27-16-11(18)3-2-4-12(16)19)7-8-26-14-6-5-10(21(23)24)9-13(14)20/h2-6,9,15H,7-8H2,1H3. The third-order valence-electron chi connectivity index (χ3n) is 3.41.